The summed E-state index contributed by atoms with van der Waals surface area (Å²) in [4.78, 5) is 8.24. The van der Waals surface area contributed by atoms with Crippen molar-refractivity contribution < 1.29 is 9.63 Å². The van der Waals surface area contributed by atoms with Crippen LogP contribution in [0.2, 0.25) is 0 Å². The number of aliphatic hydroxyl groups is 1. The zero-order chi connectivity index (χ0) is 20.5. The van der Waals surface area contributed by atoms with E-state index < -0.39 is 0 Å². The Morgan fingerprint density at radius 2 is 1.47 bits per heavy atom. The van der Waals surface area contributed by atoms with E-state index >= 15 is 0 Å². The summed E-state index contributed by atoms with van der Waals surface area (Å²) in [5.41, 5.74) is 12.2. The molecule has 6 heteroatoms. The van der Waals surface area contributed by atoms with Crippen LogP contribution in [-0.4, -0.2) is 20.2 Å². The largest absolute Gasteiger partial charge is 0.392 e. The first kappa shape index (κ1) is 18.0. The average molecular weight is 394 g/mol. The molecule has 0 saturated carbocycles. The van der Waals surface area contributed by atoms with E-state index in [4.69, 9.17) is 10.3 Å². The Morgan fingerprint density at radius 1 is 0.800 bits per heavy atom. The second-order valence-corrected chi connectivity index (χ2v) is 6.98. The van der Waals surface area contributed by atoms with E-state index in [0.29, 0.717) is 5.76 Å². The normalized spacial score (nSPS) is 11.1. The van der Waals surface area contributed by atoms with Crippen molar-refractivity contribution in [3.8, 4) is 33.7 Å². The molecule has 5 rings (SSSR count). The molecule has 0 radical (unpaired) electrons. The second-order valence-electron chi connectivity index (χ2n) is 6.98. The first-order chi connectivity index (χ1) is 14.7. The van der Waals surface area contributed by atoms with E-state index in [1.807, 2.05) is 72.8 Å². The van der Waals surface area contributed by atoms with Crippen LogP contribution in [0.1, 0.15) is 5.56 Å². The van der Waals surface area contributed by atoms with Crippen molar-refractivity contribution in [1.82, 2.24) is 15.1 Å². The molecule has 5 aromatic rings. The summed E-state index contributed by atoms with van der Waals surface area (Å²) in [5, 5.41) is 14.3. The Balaban J connectivity index is 1.51. The van der Waals surface area contributed by atoms with Crippen molar-refractivity contribution in [2.45, 2.75) is 6.61 Å². The lowest BCUT2D eigenvalue weighted by Crippen LogP contribution is -1.94. The van der Waals surface area contributed by atoms with Crippen molar-refractivity contribution in [3.63, 3.8) is 0 Å². The predicted octanol–water partition coefficient (Wildman–Crippen LogP) is 4.69. The third-order valence-corrected chi connectivity index (χ3v) is 5.06. The van der Waals surface area contributed by atoms with Crippen LogP contribution in [0.3, 0.4) is 0 Å². The van der Waals surface area contributed by atoms with Gasteiger partial charge in [-0.25, -0.2) is 9.97 Å². The number of hydrogen-bond acceptors (Lipinski definition) is 6. The molecule has 2 aromatic heterocycles. The first-order valence-electron chi connectivity index (χ1n) is 9.50. The summed E-state index contributed by atoms with van der Waals surface area (Å²) in [6, 6.07) is 23.7. The van der Waals surface area contributed by atoms with Gasteiger partial charge in [0.15, 0.2) is 5.76 Å². The van der Waals surface area contributed by atoms with Gasteiger partial charge in [0.05, 0.1) is 17.7 Å². The molecule has 30 heavy (non-hydrogen) atoms. The molecular weight excluding hydrogens is 376 g/mol. The van der Waals surface area contributed by atoms with Crippen LogP contribution in [0, 0.1) is 0 Å². The zero-order valence-corrected chi connectivity index (χ0v) is 16.0. The molecule has 0 unspecified atom stereocenters. The smallest absolute Gasteiger partial charge is 0.220 e. The fourth-order valence-corrected chi connectivity index (χ4v) is 3.46. The molecule has 0 spiro atoms. The minimum absolute atomic E-state index is 0.0430. The van der Waals surface area contributed by atoms with Crippen molar-refractivity contribution >= 4 is 16.9 Å². The summed E-state index contributed by atoms with van der Waals surface area (Å²) in [5.74, 6) is 0.941. The van der Waals surface area contributed by atoms with Crippen molar-refractivity contribution in [2.75, 3.05) is 5.73 Å². The second kappa shape index (κ2) is 7.42. The number of fused-ring (bicyclic) bond motifs is 1. The van der Waals surface area contributed by atoms with Crippen LogP contribution >= 0.6 is 0 Å². The summed E-state index contributed by atoms with van der Waals surface area (Å²) in [7, 11) is 0. The Morgan fingerprint density at radius 3 is 2.17 bits per heavy atom. The lowest BCUT2D eigenvalue weighted by atomic mass is 10.0. The van der Waals surface area contributed by atoms with E-state index in [2.05, 4.69) is 15.1 Å². The van der Waals surface area contributed by atoms with Gasteiger partial charge in [-0.05, 0) is 34.9 Å². The number of hydrogen-bond donors (Lipinski definition) is 2. The maximum atomic E-state index is 9.20. The van der Waals surface area contributed by atoms with Gasteiger partial charge >= 0.3 is 0 Å². The molecule has 146 valence electrons. The first-order valence-corrected chi connectivity index (χ1v) is 9.50. The number of aliphatic hydroxyl groups excluding tert-OH is 1. The standard InChI is InChI=1S/C24H18N4O2/c25-24-26-12-11-21(27-24)19-9-10-22-20(13-19)23(30-28-22)18-7-5-17(6-8-18)16-3-1-15(14-29)2-4-16/h1-13,29H,14H2,(H2,25,26,27). The summed E-state index contributed by atoms with van der Waals surface area (Å²) < 4.78 is 5.66. The van der Waals surface area contributed by atoms with Gasteiger partial charge in [0.25, 0.3) is 0 Å². The fraction of sp³-hybridized carbons (Fsp3) is 0.0417. The molecule has 2 heterocycles. The topological polar surface area (TPSA) is 98.1 Å². The number of nitrogen functional groups attached to an aromatic ring is 1. The van der Waals surface area contributed by atoms with Gasteiger partial charge in [0, 0.05) is 17.3 Å². The molecule has 3 N–H and O–H groups in total. The maximum Gasteiger partial charge on any atom is 0.220 e. The number of aromatic nitrogens is 3. The molecule has 6 nitrogen and oxygen atoms in total. The van der Waals surface area contributed by atoms with Crippen LogP contribution in [0.5, 0.6) is 0 Å². The van der Waals surface area contributed by atoms with Gasteiger partial charge in [-0.15, -0.1) is 0 Å². The van der Waals surface area contributed by atoms with Gasteiger partial charge in [0.2, 0.25) is 5.95 Å². The highest BCUT2D eigenvalue weighted by molar-refractivity contribution is 5.94. The average Bonchev–Trinajstić information content (AvgIpc) is 3.22. The van der Waals surface area contributed by atoms with E-state index in [1.54, 1.807) is 6.20 Å². The molecule has 0 atom stereocenters. The van der Waals surface area contributed by atoms with Gasteiger partial charge in [-0.2, -0.15) is 0 Å². The Labute approximate surface area is 172 Å². The highest BCUT2D eigenvalue weighted by Crippen LogP contribution is 2.33. The Bertz CT molecular complexity index is 1330. The molecule has 3 aromatic carbocycles. The number of benzene rings is 3. The Hall–Kier alpha value is -4.03. The quantitative estimate of drug-likeness (QED) is 0.459. The highest BCUT2D eigenvalue weighted by Gasteiger charge is 2.13. The van der Waals surface area contributed by atoms with Crippen LogP contribution in [-0.2, 0) is 6.61 Å². The van der Waals surface area contributed by atoms with Crippen LogP contribution in [0.15, 0.2) is 83.5 Å². The minimum atomic E-state index is 0.0430. The fourth-order valence-electron chi connectivity index (χ4n) is 3.46. The lowest BCUT2D eigenvalue weighted by Gasteiger charge is -2.05. The van der Waals surface area contributed by atoms with Gasteiger partial charge in [-0.3, -0.25) is 0 Å². The summed E-state index contributed by atoms with van der Waals surface area (Å²) in [6.45, 7) is 0.0430. The van der Waals surface area contributed by atoms with E-state index in [9.17, 15) is 5.11 Å². The van der Waals surface area contributed by atoms with Crippen LogP contribution in [0.4, 0.5) is 5.95 Å². The molecule has 0 aliphatic rings. The Kier molecular flexibility index (Phi) is 4.46. The predicted molar refractivity (Wildman–Crippen MR) is 116 cm³/mol. The van der Waals surface area contributed by atoms with E-state index in [0.717, 1.165) is 44.4 Å². The number of anilines is 1. The lowest BCUT2D eigenvalue weighted by molar-refractivity contribution is 0.282. The van der Waals surface area contributed by atoms with E-state index in [1.165, 1.54) is 0 Å². The van der Waals surface area contributed by atoms with Crippen molar-refractivity contribution in [3.05, 3.63) is 84.6 Å². The third kappa shape index (κ3) is 3.29. The molecule has 0 fully saturated rings. The molecule has 0 amide bonds. The van der Waals surface area contributed by atoms with Crippen LogP contribution in [0.25, 0.3) is 44.6 Å². The van der Waals surface area contributed by atoms with Crippen molar-refractivity contribution in [1.29, 1.82) is 0 Å². The van der Waals surface area contributed by atoms with Crippen LogP contribution < -0.4 is 5.73 Å². The van der Waals surface area contributed by atoms with E-state index in [-0.39, 0.29) is 12.6 Å². The minimum Gasteiger partial charge on any atom is -0.392 e. The van der Waals surface area contributed by atoms with Crippen molar-refractivity contribution in [2.24, 2.45) is 0 Å². The van der Waals surface area contributed by atoms with Gasteiger partial charge in [0.1, 0.15) is 5.52 Å². The molecule has 0 aliphatic carbocycles. The molecule has 0 aliphatic heterocycles. The summed E-state index contributed by atoms with van der Waals surface area (Å²) >= 11 is 0. The van der Waals surface area contributed by atoms with Gasteiger partial charge < -0.3 is 15.4 Å². The number of nitrogens with two attached hydrogens (primary N) is 1. The zero-order valence-electron chi connectivity index (χ0n) is 16.0. The number of nitrogens with zero attached hydrogens (tertiary/aromatic N) is 3. The highest BCUT2D eigenvalue weighted by atomic mass is 16.5. The maximum absolute atomic E-state index is 9.20. The molecular formula is C24H18N4O2. The molecule has 0 saturated heterocycles. The number of rotatable bonds is 4. The molecule has 0 bridgehead atoms. The van der Waals surface area contributed by atoms with Gasteiger partial charge in [-0.1, -0.05) is 59.8 Å². The monoisotopic (exact) mass is 394 g/mol. The third-order valence-electron chi connectivity index (χ3n) is 5.06. The summed E-state index contributed by atoms with van der Waals surface area (Å²) in [6.07, 6.45) is 1.64. The SMILES string of the molecule is Nc1nccc(-c2ccc3noc(-c4ccc(-c5ccc(CO)cc5)cc4)c3c2)n1.